The van der Waals surface area contributed by atoms with Gasteiger partial charge in [0.25, 0.3) is 0 Å². The molecular weight excluding hydrogens is 263 g/mol. The molecule has 0 amide bonds. The first kappa shape index (κ1) is 12.6. The van der Waals surface area contributed by atoms with Gasteiger partial charge in [-0.15, -0.1) is 11.3 Å². The number of thiazole rings is 1. The molecule has 1 N–H and O–H groups in total. The van der Waals surface area contributed by atoms with E-state index in [2.05, 4.69) is 10.3 Å². The molecular formula is C14H15FN2OS. The molecule has 100 valence electrons. The summed E-state index contributed by atoms with van der Waals surface area (Å²) >= 11 is 1.52. The fourth-order valence-corrected chi connectivity index (χ4v) is 2.36. The molecule has 3 nitrogen and oxygen atoms in total. The van der Waals surface area contributed by atoms with Gasteiger partial charge >= 0.3 is 0 Å². The maximum atomic E-state index is 13.5. The van der Waals surface area contributed by atoms with E-state index in [4.69, 9.17) is 4.74 Å². The van der Waals surface area contributed by atoms with Gasteiger partial charge in [-0.25, -0.2) is 9.37 Å². The van der Waals surface area contributed by atoms with Crippen LogP contribution in [0.25, 0.3) is 0 Å². The number of hydrogen-bond donors (Lipinski definition) is 1. The largest absolute Gasteiger partial charge is 0.487 e. The van der Waals surface area contributed by atoms with Gasteiger partial charge in [0.05, 0.1) is 11.2 Å². The Kier molecular flexibility index (Phi) is 3.75. The van der Waals surface area contributed by atoms with Crippen LogP contribution in [0.3, 0.4) is 0 Å². The maximum Gasteiger partial charge on any atom is 0.131 e. The minimum Gasteiger partial charge on any atom is -0.487 e. The standard InChI is InChI=1S/C14H15FN2OS/c15-11-3-10(6-16-12-1-2-12)4-14(5-11)18-7-13-8-19-9-17-13/h3-5,8-9,12,16H,1-2,6-7H2. The van der Waals surface area contributed by atoms with Crippen LogP contribution in [0.4, 0.5) is 4.39 Å². The van der Waals surface area contributed by atoms with Crippen molar-refractivity contribution in [3.05, 3.63) is 46.2 Å². The lowest BCUT2D eigenvalue weighted by molar-refractivity contribution is 0.300. The molecule has 1 fully saturated rings. The maximum absolute atomic E-state index is 13.5. The summed E-state index contributed by atoms with van der Waals surface area (Å²) in [6, 6.07) is 5.45. The fourth-order valence-electron chi connectivity index (χ4n) is 1.82. The number of ether oxygens (including phenoxy) is 1. The van der Waals surface area contributed by atoms with Gasteiger partial charge in [0.2, 0.25) is 0 Å². The molecule has 0 bridgehead atoms. The molecule has 0 saturated heterocycles. The first-order valence-electron chi connectivity index (χ1n) is 6.32. The Bertz CT molecular complexity index is 540. The van der Waals surface area contributed by atoms with E-state index in [-0.39, 0.29) is 5.82 Å². The van der Waals surface area contributed by atoms with Crippen molar-refractivity contribution in [2.45, 2.75) is 32.0 Å². The van der Waals surface area contributed by atoms with E-state index in [0.717, 1.165) is 11.3 Å². The molecule has 1 aliphatic rings. The van der Waals surface area contributed by atoms with Crippen LogP contribution in [-0.2, 0) is 13.2 Å². The summed E-state index contributed by atoms with van der Waals surface area (Å²) in [7, 11) is 0. The molecule has 0 unspecified atom stereocenters. The van der Waals surface area contributed by atoms with Crippen LogP contribution < -0.4 is 10.1 Å². The highest BCUT2D eigenvalue weighted by molar-refractivity contribution is 7.07. The highest BCUT2D eigenvalue weighted by atomic mass is 32.1. The van der Waals surface area contributed by atoms with E-state index in [1.165, 1.54) is 30.2 Å². The van der Waals surface area contributed by atoms with Crippen molar-refractivity contribution in [1.29, 1.82) is 0 Å². The number of halogens is 1. The molecule has 0 radical (unpaired) electrons. The lowest BCUT2D eigenvalue weighted by Gasteiger charge is -2.08. The molecule has 1 aromatic heterocycles. The third-order valence-corrected chi connectivity index (χ3v) is 3.61. The Balaban J connectivity index is 1.62. The van der Waals surface area contributed by atoms with Gasteiger partial charge in [-0.05, 0) is 30.5 Å². The summed E-state index contributed by atoms with van der Waals surface area (Å²) in [5.74, 6) is 0.295. The lowest BCUT2D eigenvalue weighted by atomic mass is 10.2. The van der Waals surface area contributed by atoms with Crippen molar-refractivity contribution in [2.75, 3.05) is 0 Å². The molecule has 3 rings (SSSR count). The molecule has 2 aromatic rings. The number of hydrogen-bond acceptors (Lipinski definition) is 4. The Morgan fingerprint density at radius 3 is 3.00 bits per heavy atom. The number of aromatic nitrogens is 1. The lowest BCUT2D eigenvalue weighted by Crippen LogP contribution is -2.15. The highest BCUT2D eigenvalue weighted by Gasteiger charge is 2.20. The Hall–Kier alpha value is -1.46. The second-order valence-electron chi connectivity index (χ2n) is 4.72. The topological polar surface area (TPSA) is 34.1 Å². The molecule has 0 spiro atoms. The van der Waals surface area contributed by atoms with Gasteiger partial charge in [-0.2, -0.15) is 0 Å². The summed E-state index contributed by atoms with van der Waals surface area (Å²) in [6.07, 6.45) is 2.45. The highest BCUT2D eigenvalue weighted by Crippen LogP contribution is 2.21. The summed E-state index contributed by atoms with van der Waals surface area (Å²) in [4.78, 5) is 4.13. The van der Waals surface area contributed by atoms with E-state index >= 15 is 0 Å². The van der Waals surface area contributed by atoms with Gasteiger partial charge in [-0.3, -0.25) is 0 Å². The van der Waals surface area contributed by atoms with Crippen molar-refractivity contribution in [1.82, 2.24) is 10.3 Å². The Morgan fingerprint density at radius 1 is 1.37 bits per heavy atom. The van der Waals surface area contributed by atoms with Gasteiger partial charge in [-0.1, -0.05) is 0 Å². The summed E-state index contributed by atoms with van der Waals surface area (Å²) in [5.41, 5.74) is 3.54. The van der Waals surface area contributed by atoms with E-state index in [0.29, 0.717) is 24.9 Å². The second-order valence-corrected chi connectivity index (χ2v) is 5.44. The van der Waals surface area contributed by atoms with Gasteiger partial charge in [0.1, 0.15) is 18.2 Å². The molecule has 1 aromatic carbocycles. The van der Waals surface area contributed by atoms with Gasteiger partial charge in [0, 0.05) is 24.0 Å². The van der Waals surface area contributed by atoms with E-state index in [9.17, 15) is 4.39 Å². The van der Waals surface area contributed by atoms with Gasteiger partial charge < -0.3 is 10.1 Å². The van der Waals surface area contributed by atoms with Crippen LogP contribution in [0, 0.1) is 5.82 Å². The van der Waals surface area contributed by atoms with E-state index in [1.807, 2.05) is 11.4 Å². The summed E-state index contributed by atoms with van der Waals surface area (Å²) < 4.78 is 19.1. The smallest absolute Gasteiger partial charge is 0.131 e. The number of nitrogens with zero attached hydrogens (tertiary/aromatic N) is 1. The SMILES string of the molecule is Fc1cc(CNC2CC2)cc(OCc2cscn2)c1. The zero-order valence-electron chi connectivity index (χ0n) is 10.4. The zero-order valence-corrected chi connectivity index (χ0v) is 11.3. The van der Waals surface area contributed by atoms with Crippen LogP contribution in [0.1, 0.15) is 24.1 Å². The number of rotatable bonds is 6. The number of benzene rings is 1. The zero-order chi connectivity index (χ0) is 13.1. The molecule has 1 heterocycles. The predicted molar refractivity (Wildman–Crippen MR) is 72.7 cm³/mol. The quantitative estimate of drug-likeness (QED) is 0.881. The molecule has 0 aliphatic heterocycles. The second kappa shape index (κ2) is 5.67. The van der Waals surface area contributed by atoms with Crippen molar-refractivity contribution in [2.24, 2.45) is 0 Å². The van der Waals surface area contributed by atoms with Gasteiger partial charge in [0.15, 0.2) is 0 Å². The van der Waals surface area contributed by atoms with Crippen LogP contribution in [-0.4, -0.2) is 11.0 Å². The number of nitrogens with one attached hydrogen (secondary N) is 1. The fraction of sp³-hybridized carbons (Fsp3) is 0.357. The third-order valence-electron chi connectivity index (χ3n) is 2.97. The average Bonchev–Trinajstić information content (AvgIpc) is 3.08. The Morgan fingerprint density at radius 2 is 2.26 bits per heavy atom. The monoisotopic (exact) mass is 278 g/mol. The molecule has 0 atom stereocenters. The first-order chi connectivity index (χ1) is 9.29. The van der Waals surface area contributed by atoms with E-state index in [1.54, 1.807) is 11.6 Å². The minimum absolute atomic E-state index is 0.261. The average molecular weight is 278 g/mol. The van der Waals surface area contributed by atoms with Crippen molar-refractivity contribution < 1.29 is 9.13 Å². The minimum atomic E-state index is -0.261. The van der Waals surface area contributed by atoms with Crippen LogP contribution in [0.15, 0.2) is 29.1 Å². The van der Waals surface area contributed by atoms with Crippen molar-refractivity contribution in [3.8, 4) is 5.75 Å². The molecule has 1 aliphatic carbocycles. The van der Waals surface area contributed by atoms with Crippen LogP contribution in [0.5, 0.6) is 5.75 Å². The van der Waals surface area contributed by atoms with Crippen molar-refractivity contribution >= 4 is 11.3 Å². The van der Waals surface area contributed by atoms with Crippen LogP contribution in [0.2, 0.25) is 0 Å². The summed E-state index contributed by atoms with van der Waals surface area (Å²) in [5, 5.41) is 5.29. The van der Waals surface area contributed by atoms with Crippen LogP contribution >= 0.6 is 11.3 Å². The van der Waals surface area contributed by atoms with E-state index < -0.39 is 0 Å². The molecule has 5 heteroatoms. The first-order valence-corrected chi connectivity index (χ1v) is 7.26. The summed E-state index contributed by atoms with van der Waals surface area (Å²) in [6.45, 7) is 1.07. The normalized spacial score (nSPS) is 14.6. The molecule has 1 saturated carbocycles. The third kappa shape index (κ3) is 3.75. The predicted octanol–water partition coefficient (Wildman–Crippen LogP) is 3.11. The molecule has 19 heavy (non-hydrogen) atoms. The Labute approximate surface area is 115 Å². The van der Waals surface area contributed by atoms with Crippen molar-refractivity contribution in [3.63, 3.8) is 0 Å².